The van der Waals surface area contributed by atoms with Gasteiger partial charge in [0, 0.05) is 16.6 Å². The van der Waals surface area contributed by atoms with Crippen molar-refractivity contribution in [1.82, 2.24) is 0 Å². The first-order valence-electron chi connectivity index (χ1n) is 3.73. The first-order valence-corrected chi connectivity index (χ1v) is 6.16. The lowest BCUT2D eigenvalue weighted by Gasteiger charge is -2.30. The Bertz CT molecular complexity index is 162. The smallest absolute Gasteiger partial charge is 0.108 e. The van der Waals surface area contributed by atoms with Crippen molar-refractivity contribution in [1.29, 1.82) is 0 Å². The van der Waals surface area contributed by atoms with E-state index in [1.807, 2.05) is 0 Å². The van der Waals surface area contributed by atoms with Crippen molar-refractivity contribution in [2.24, 2.45) is 0 Å². The van der Waals surface area contributed by atoms with Gasteiger partial charge in [0.1, 0.15) is 4.58 Å². The molecule has 0 aliphatic carbocycles. The molecule has 0 bridgehead atoms. The Balaban J connectivity index is 2.62. The third-order valence-electron chi connectivity index (χ3n) is 1.57. The van der Waals surface area contributed by atoms with Crippen LogP contribution < -0.4 is 0 Å². The van der Waals surface area contributed by atoms with Crippen LogP contribution in [0.3, 0.4) is 0 Å². The number of hydrogen-bond donors (Lipinski definition) is 1. The molecular formula is C7H14O2S2. The molecule has 1 heterocycles. The van der Waals surface area contributed by atoms with E-state index in [0.29, 0.717) is 0 Å². The van der Waals surface area contributed by atoms with Crippen molar-refractivity contribution in [2.75, 3.05) is 11.5 Å². The summed E-state index contributed by atoms with van der Waals surface area (Å²) in [6, 6.07) is 0. The van der Waals surface area contributed by atoms with Crippen molar-refractivity contribution >= 4 is 22.6 Å². The van der Waals surface area contributed by atoms with Crippen LogP contribution in [0.2, 0.25) is 0 Å². The molecule has 66 valence electrons. The van der Waals surface area contributed by atoms with Crippen molar-refractivity contribution in [3.8, 4) is 0 Å². The van der Waals surface area contributed by atoms with E-state index in [1.54, 1.807) is 25.6 Å². The Morgan fingerprint density at radius 3 is 2.64 bits per heavy atom. The standard InChI is InChI=1S/C7H14O2S2/c1-7(2,8)6-10-4-3-5-11(6)9/h6,8H,3-5H2,1-2H3. The second kappa shape index (κ2) is 3.46. The van der Waals surface area contributed by atoms with Gasteiger partial charge in [-0.3, -0.25) is 4.21 Å². The van der Waals surface area contributed by atoms with Crippen LogP contribution in [-0.2, 0) is 10.8 Å². The lowest BCUT2D eigenvalue weighted by Crippen LogP contribution is -2.39. The fourth-order valence-electron chi connectivity index (χ4n) is 1.10. The first kappa shape index (κ1) is 9.55. The molecule has 2 unspecified atom stereocenters. The minimum atomic E-state index is -0.834. The normalized spacial score (nSPS) is 33.7. The molecule has 0 amide bonds. The SMILES string of the molecule is CC(C)(O)C1SCCCS1=O. The molecule has 1 aliphatic heterocycles. The molecule has 1 N–H and O–H groups in total. The summed E-state index contributed by atoms with van der Waals surface area (Å²) in [5, 5.41) is 9.60. The summed E-state index contributed by atoms with van der Waals surface area (Å²) >= 11 is 1.63. The van der Waals surface area contributed by atoms with E-state index in [1.165, 1.54) is 0 Å². The third kappa shape index (κ3) is 2.46. The van der Waals surface area contributed by atoms with E-state index in [2.05, 4.69) is 0 Å². The molecule has 1 rings (SSSR count). The van der Waals surface area contributed by atoms with Crippen molar-refractivity contribution in [3.63, 3.8) is 0 Å². The maximum Gasteiger partial charge on any atom is 0.108 e. The van der Waals surface area contributed by atoms with Crippen LogP contribution >= 0.6 is 11.8 Å². The van der Waals surface area contributed by atoms with Crippen molar-refractivity contribution in [2.45, 2.75) is 30.5 Å². The van der Waals surface area contributed by atoms with Gasteiger partial charge < -0.3 is 5.11 Å². The predicted octanol–water partition coefficient (Wildman–Crippen LogP) is 0.969. The number of rotatable bonds is 1. The molecule has 0 saturated carbocycles. The highest BCUT2D eigenvalue weighted by molar-refractivity contribution is 8.12. The molecular weight excluding hydrogens is 180 g/mol. The second-order valence-electron chi connectivity index (χ2n) is 3.29. The Hall–Kier alpha value is 0.460. The van der Waals surface area contributed by atoms with E-state index < -0.39 is 16.4 Å². The second-order valence-corrected chi connectivity index (χ2v) is 6.45. The topological polar surface area (TPSA) is 37.3 Å². The van der Waals surface area contributed by atoms with Gasteiger partial charge in [0.15, 0.2) is 0 Å². The molecule has 0 spiro atoms. The van der Waals surface area contributed by atoms with Gasteiger partial charge in [-0.25, -0.2) is 0 Å². The summed E-state index contributed by atoms with van der Waals surface area (Å²) in [7, 11) is -0.834. The summed E-state index contributed by atoms with van der Waals surface area (Å²) in [5.74, 6) is 1.78. The average Bonchev–Trinajstić information content (AvgIpc) is 1.86. The molecule has 11 heavy (non-hydrogen) atoms. The summed E-state index contributed by atoms with van der Waals surface area (Å²) in [6.07, 6.45) is 1.02. The Morgan fingerprint density at radius 2 is 2.27 bits per heavy atom. The van der Waals surface area contributed by atoms with Gasteiger partial charge in [-0.1, -0.05) is 0 Å². The highest BCUT2D eigenvalue weighted by atomic mass is 32.2. The fourth-order valence-corrected chi connectivity index (χ4v) is 4.69. The Kier molecular flexibility index (Phi) is 3.00. The maximum absolute atomic E-state index is 11.4. The van der Waals surface area contributed by atoms with E-state index in [9.17, 15) is 9.32 Å². The van der Waals surface area contributed by atoms with Crippen LogP contribution in [0.5, 0.6) is 0 Å². The fraction of sp³-hybridized carbons (Fsp3) is 1.00. The highest BCUT2D eigenvalue weighted by Crippen LogP contribution is 2.30. The van der Waals surface area contributed by atoms with Crippen LogP contribution in [0.4, 0.5) is 0 Å². The maximum atomic E-state index is 11.4. The molecule has 1 aliphatic rings. The molecule has 1 fully saturated rings. The number of thioether (sulfide) groups is 1. The van der Waals surface area contributed by atoms with Gasteiger partial charge in [-0.05, 0) is 26.0 Å². The minimum Gasteiger partial charge on any atom is -0.388 e. The minimum absolute atomic E-state index is 0.0868. The summed E-state index contributed by atoms with van der Waals surface area (Å²) < 4.78 is 11.3. The zero-order valence-corrected chi connectivity index (χ0v) is 8.50. The predicted molar refractivity (Wildman–Crippen MR) is 50.2 cm³/mol. The molecule has 4 heteroatoms. The van der Waals surface area contributed by atoms with Gasteiger partial charge in [0.25, 0.3) is 0 Å². The van der Waals surface area contributed by atoms with Gasteiger partial charge in [-0.15, -0.1) is 11.8 Å². The monoisotopic (exact) mass is 194 g/mol. The lowest BCUT2D eigenvalue weighted by molar-refractivity contribution is 0.0973. The summed E-state index contributed by atoms with van der Waals surface area (Å²) in [4.78, 5) is 0. The molecule has 0 aromatic rings. The third-order valence-corrected chi connectivity index (χ3v) is 5.78. The lowest BCUT2D eigenvalue weighted by atomic mass is 10.2. The molecule has 2 nitrogen and oxygen atoms in total. The average molecular weight is 194 g/mol. The molecule has 0 radical (unpaired) electrons. The number of hydrogen-bond acceptors (Lipinski definition) is 3. The van der Waals surface area contributed by atoms with Gasteiger partial charge in [0.05, 0.1) is 5.60 Å². The van der Waals surface area contributed by atoms with Crippen LogP contribution in [0, 0.1) is 0 Å². The summed E-state index contributed by atoms with van der Waals surface area (Å²) in [5.41, 5.74) is -0.796. The molecule has 0 aromatic carbocycles. The van der Waals surface area contributed by atoms with Gasteiger partial charge in [-0.2, -0.15) is 0 Å². The zero-order valence-electron chi connectivity index (χ0n) is 6.87. The molecule has 1 saturated heterocycles. The Labute approximate surface area is 74.2 Å². The Morgan fingerprint density at radius 1 is 1.64 bits per heavy atom. The highest BCUT2D eigenvalue weighted by Gasteiger charge is 2.34. The van der Waals surface area contributed by atoms with Gasteiger partial charge in [0.2, 0.25) is 0 Å². The number of aliphatic hydroxyl groups is 1. The van der Waals surface area contributed by atoms with Gasteiger partial charge >= 0.3 is 0 Å². The zero-order chi connectivity index (χ0) is 8.48. The first-order chi connectivity index (χ1) is 5.02. The van der Waals surface area contributed by atoms with Crippen LogP contribution in [-0.4, -0.2) is 31.0 Å². The molecule has 0 aromatic heterocycles. The largest absolute Gasteiger partial charge is 0.388 e. The van der Waals surface area contributed by atoms with Crippen LogP contribution in [0.25, 0.3) is 0 Å². The van der Waals surface area contributed by atoms with E-state index in [0.717, 1.165) is 17.9 Å². The quantitative estimate of drug-likeness (QED) is 0.676. The van der Waals surface area contributed by atoms with Crippen molar-refractivity contribution in [3.05, 3.63) is 0 Å². The van der Waals surface area contributed by atoms with Crippen LogP contribution in [0.1, 0.15) is 20.3 Å². The van der Waals surface area contributed by atoms with E-state index >= 15 is 0 Å². The van der Waals surface area contributed by atoms with Crippen molar-refractivity contribution < 1.29 is 9.32 Å². The molecule has 2 atom stereocenters. The van der Waals surface area contributed by atoms with E-state index in [-0.39, 0.29) is 4.58 Å². The van der Waals surface area contributed by atoms with E-state index in [4.69, 9.17) is 0 Å². The van der Waals surface area contributed by atoms with Crippen LogP contribution in [0.15, 0.2) is 0 Å². The summed E-state index contributed by atoms with van der Waals surface area (Å²) in [6.45, 7) is 3.46.